The highest BCUT2D eigenvalue weighted by atomic mass is 16.5. The minimum atomic E-state index is -1.29. The molecule has 3 amide bonds. The molecule has 188 valence electrons. The Hall–Kier alpha value is -4.15. The molecule has 6 N–H and O–H groups in total. The van der Waals surface area contributed by atoms with Gasteiger partial charge in [-0.2, -0.15) is 0 Å². The molecule has 0 saturated heterocycles. The van der Waals surface area contributed by atoms with Gasteiger partial charge in [-0.25, -0.2) is 5.48 Å². The average Bonchev–Trinajstić information content (AvgIpc) is 3.69. The van der Waals surface area contributed by atoms with Crippen molar-refractivity contribution >= 4 is 23.4 Å². The van der Waals surface area contributed by atoms with E-state index in [1.807, 2.05) is 0 Å². The SMILES string of the molecule is C.C[C@@H](O)[C@H](NC(=O)c1ccc(C#CC#Cc2ccc(NC(=O)CNC3CC3)cc2)cc1)C(=O)NO. The number of hydrogen-bond donors (Lipinski definition) is 6. The maximum atomic E-state index is 12.3. The second-order valence-corrected chi connectivity index (χ2v) is 8.03. The predicted molar refractivity (Wildman–Crippen MR) is 136 cm³/mol. The Bertz CT molecular complexity index is 1180. The van der Waals surface area contributed by atoms with Crippen LogP contribution in [0.15, 0.2) is 48.5 Å². The zero-order chi connectivity index (χ0) is 25.2. The number of aliphatic hydroxyl groups is 1. The van der Waals surface area contributed by atoms with Gasteiger partial charge in [0, 0.05) is 28.4 Å². The minimum Gasteiger partial charge on any atom is -0.391 e. The number of rotatable bonds is 8. The monoisotopic (exact) mass is 490 g/mol. The van der Waals surface area contributed by atoms with Crippen molar-refractivity contribution in [2.75, 3.05) is 11.9 Å². The van der Waals surface area contributed by atoms with E-state index in [4.69, 9.17) is 5.21 Å². The number of amides is 3. The minimum absolute atomic E-state index is 0. The quantitative estimate of drug-likeness (QED) is 0.188. The van der Waals surface area contributed by atoms with Crippen molar-refractivity contribution < 1.29 is 24.7 Å². The fourth-order valence-corrected chi connectivity index (χ4v) is 2.98. The molecular weight excluding hydrogens is 460 g/mol. The Labute approximate surface area is 210 Å². The molecule has 2 atom stereocenters. The number of nitrogens with one attached hydrogen (secondary N) is 4. The van der Waals surface area contributed by atoms with Crippen LogP contribution in [0.2, 0.25) is 0 Å². The van der Waals surface area contributed by atoms with Crippen LogP contribution in [0.25, 0.3) is 0 Å². The lowest BCUT2D eigenvalue weighted by Gasteiger charge is -2.19. The van der Waals surface area contributed by atoms with Crippen molar-refractivity contribution in [1.82, 2.24) is 16.1 Å². The summed E-state index contributed by atoms with van der Waals surface area (Å²) in [5, 5.41) is 26.7. The zero-order valence-electron chi connectivity index (χ0n) is 19.1. The summed E-state index contributed by atoms with van der Waals surface area (Å²) in [6.07, 6.45) is 1.06. The summed E-state index contributed by atoms with van der Waals surface area (Å²) in [5.41, 5.74) is 3.75. The van der Waals surface area contributed by atoms with Gasteiger partial charge in [-0.05, 0) is 80.1 Å². The normalized spacial score (nSPS) is 13.3. The van der Waals surface area contributed by atoms with Gasteiger partial charge in [-0.1, -0.05) is 19.3 Å². The highest BCUT2D eigenvalue weighted by Crippen LogP contribution is 2.18. The van der Waals surface area contributed by atoms with E-state index < -0.39 is 24.0 Å². The summed E-state index contributed by atoms with van der Waals surface area (Å²) in [6.45, 7) is 1.62. The summed E-state index contributed by atoms with van der Waals surface area (Å²) in [5.74, 6) is 9.72. The Balaban J connectivity index is 0.00000456. The topological polar surface area (TPSA) is 140 Å². The van der Waals surface area contributed by atoms with Crippen LogP contribution in [-0.2, 0) is 9.59 Å². The Morgan fingerprint density at radius 1 is 0.972 bits per heavy atom. The van der Waals surface area contributed by atoms with Gasteiger partial charge >= 0.3 is 0 Å². The molecule has 36 heavy (non-hydrogen) atoms. The maximum Gasteiger partial charge on any atom is 0.268 e. The summed E-state index contributed by atoms with van der Waals surface area (Å²) >= 11 is 0. The summed E-state index contributed by atoms with van der Waals surface area (Å²) in [7, 11) is 0. The number of aliphatic hydroxyl groups excluding tert-OH is 1. The lowest BCUT2D eigenvalue weighted by molar-refractivity contribution is -0.133. The van der Waals surface area contributed by atoms with E-state index in [0.29, 0.717) is 23.8 Å². The van der Waals surface area contributed by atoms with E-state index in [-0.39, 0.29) is 18.9 Å². The maximum absolute atomic E-state index is 12.3. The first-order valence-electron chi connectivity index (χ1n) is 11.0. The molecule has 1 fully saturated rings. The van der Waals surface area contributed by atoms with Crippen LogP contribution in [0.5, 0.6) is 0 Å². The number of hydroxylamine groups is 1. The van der Waals surface area contributed by atoms with E-state index in [0.717, 1.165) is 18.4 Å². The third kappa shape index (κ3) is 8.90. The molecule has 0 aromatic heterocycles. The van der Waals surface area contributed by atoms with Gasteiger partial charge in [-0.15, -0.1) is 0 Å². The zero-order valence-corrected chi connectivity index (χ0v) is 19.1. The second-order valence-electron chi connectivity index (χ2n) is 8.03. The molecule has 3 rings (SSSR count). The van der Waals surface area contributed by atoms with E-state index in [9.17, 15) is 19.5 Å². The predicted octanol–water partition coefficient (Wildman–Crippen LogP) is 1.40. The Morgan fingerprint density at radius 2 is 1.53 bits per heavy atom. The van der Waals surface area contributed by atoms with Gasteiger partial charge in [0.1, 0.15) is 6.04 Å². The molecule has 0 unspecified atom stereocenters. The molecule has 0 heterocycles. The third-order valence-electron chi connectivity index (χ3n) is 5.08. The molecule has 0 radical (unpaired) electrons. The van der Waals surface area contributed by atoms with Crippen LogP contribution >= 0.6 is 0 Å². The lowest BCUT2D eigenvalue weighted by atomic mass is 10.1. The molecule has 0 aliphatic heterocycles. The number of carbonyl (C=O) groups is 3. The van der Waals surface area contributed by atoms with Crippen molar-refractivity contribution in [3.63, 3.8) is 0 Å². The number of benzene rings is 2. The van der Waals surface area contributed by atoms with Crippen molar-refractivity contribution in [3.05, 3.63) is 65.2 Å². The largest absolute Gasteiger partial charge is 0.391 e. The molecule has 0 bridgehead atoms. The fraction of sp³-hybridized carbons (Fsp3) is 0.296. The van der Waals surface area contributed by atoms with Crippen molar-refractivity contribution in [3.8, 4) is 23.7 Å². The molecule has 1 saturated carbocycles. The first-order chi connectivity index (χ1) is 16.9. The average molecular weight is 491 g/mol. The van der Waals surface area contributed by atoms with E-state index in [1.165, 1.54) is 24.5 Å². The first kappa shape index (κ1) is 28.1. The molecular formula is C27H30N4O5. The van der Waals surface area contributed by atoms with Crippen molar-refractivity contribution in [2.45, 2.75) is 45.4 Å². The van der Waals surface area contributed by atoms with E-state index >= 15 is 0 Å². The highest BCUT2D eigenvalue weighted by molar-refractivity contribution is 5.97. The molecule has 1 aliphatic carbocycles. The van der Waals surface area contributed by atoms with Gasteiger partial charge < -0.3 is 21.1 Å². The summed E-state index contributed by atoms with van der Waals surface area (Å²) in [6, 6.07) is 12.6. The number of hydrogen-bond acceptors (Lipinski definition) is 6. The molecule has 0 spiro atoms. The third-order valence-corrected chi connectivity index (χ3v) is 5.08. The lowest BCUT2D eigenvalue weighted by Crippen LogP contribution is -2.51. The van der Waals surface area contributed by atoms with Crippen LogP contribution in [-0.4, -0.2) is 52.8 Å². The van der Waals surface area contributed by atoms with Crippen LogP contribution in [0.4, 0.5) is 5.69 Å². The number of carbonyl (C=O) groups excluding carboxylic acids is 3. The Morgan fingerprint density at radius 3 is 2.03 bits per heavy atom. The van der Waals surface area contributed by atoms with Crippen LogP contribution in [0.1, 0.15) is 48.7 Å². The van der Waals surface area contributed by atoms with Gasteiger partial charge in [0.25, 0.3) is 11.8 Å². The van der Waals surface area contributed by atoms with E-state index in [2.05, 4.69) is 39.6 Å². The Kier molecular flexibility index (Phi) is 10.7. The molecule has 2 aromatic carbocycles. The number of anilines is 1. The van der Waals surface area contributed by atoms with Crippen molar-refractivity contribution in [2.24, 2.45) is 0 Å². The standard InChI is InChI=1S/C26H26N4O5.CH4/c1-17(31)24(26(34)30-35)29-25(33)20-10-6-18(7-11-20)4-2-3-5-19-8-12-22(13-9-19)28-23(32)16-27-21-14-15-21;/h6-13,17,21,24,27,31,35H,14-16H2,1H3,(H,28,32)(H,29,33)(H,30,34);1H4/t17-,24+;/m1./s1. The van der Waals surface area contributed by atoms with Crippen LogP contribution in [0, 0.1) is 23.7 Å². The first-order valence-corrected chi connectivity index (χ1v) is 11.0. The molecule has 1 aliphatic rings. The molecule has 9 heteroatoms. The van der Waals surface area contributed by atoms with Gasteiger partial charge in [0.05, 0.1) is 12.6 Å². The van der Waals surface area contributed by atoms with Crippen molar-refractivity contribution in [1.29, 1.82) is 0 Å². The van der Waals surface area contributed by atoms with Gasteiger partial charge in [0.15, 0.2) is 0 Å². The fourth-order valence-electron chi connectivity index (χ4n) is 2.98. The highest BCUT2D eigenvalue weighted by Gasteiger charge is 2.25. The van der Waals surface area contributed by atoms with Crippen LogP contribution < -0.4 is 21.4 Å². The van der Waals surface area contributed by atoms with Crippen LogP contribution in [0.3, 0.4) is 0 Å². The van der Waals surface area contributed by atoms with Gasteiger partial charge in [-0.3, -0.25) is 19.6 Å². The summed E-state index contributed by atoms with van der Waals surface area (Å²) < 4.78 is 0. The molecule has 9 nitrogen and oxygen atoms in total. The smallest absolute Gasteiger partial charge is 0.268 e. The molecule has 2 aromatic rings. The second kappa shape index (κ2) is 13.7. The summed E-state index contributed by atoms with van der Waals surface area (Å²) in [4.78, 5) is 35.7. The van der Waals surface area contributed by atoms with E-state index in [1.54, 1.807) is 36.4 Å². The van der Waals surface area contributed by atoms with Gasteiger partial charge in [0.2, 0.25) is 5.91 Å².